The molecule has 0 radical (unpaired) electrons. The third-order valence-electron chi connectivity index (χ3n) is 3.14. The van der Waals surface area contributed by atoms with Gasteiger partial charge >= 0.3 is 6.18 Å². The van der Waals surface area contributed by atoms with Crippen LogP contribution >= 0.6 is 24.0 Å². The molecule has 0 unspecified atom stereocenters. The number of nitrogens with zero attached hydrogens (tertiary/aromatic N) is 2. The normalized spacial score (nSPS) is 11.8. The number of alkyl halides is 3. The van der Waals surface area contributed by atoms with Crippen molar-refractivity contribution >= 4 is 29.9 Å². The maximum absolute atomic E-state index is 13.2. The summed E-state index contributed by atoms with van der Waals surface area (Å²) in [4.78, 5) is 6.14. The van der Waals surface area contributed by atoms with Gasteiger partial charge in [-0.3, -0.25) is 4.99 Å². The van der Waals surface area contributed by atoms with E-state index in [0.717, 1.165) is 5.56 Å². The number of unbranched alkanes of at least 4 members (excludes halogenated alkanes) is 1. The fourth-order valence-electron chi connectivity index (χ4n) is 2.08. The zero-order chi connectivity index (χ0) is 17.3. The van der Waals surface area contributed by atoms with Crippen molar-refractivity contribution in [1.29, 1.82) is 0 Å². The van der Waals surface area contributed by atoms with Crippen LogP contribution in [0.1, 0.15) is 31.7 Å². The van der Waals surface area contributed by atoms with Crippen LogP contribution in [0.2, 0.25) is 0 Å². The molecule has 1 aromatic rings. The third kappa shape index (κ3) is 9.94. The maximum Gasteiger partial charge on any atom is 0.389 e. The Kier molecular flexibility index (Phi) is 11.0. The van der Waals surface area contributed by atoms with E-state index < -0.39 is 12.6 Å². The van der Waals surface area contributed by atoms with Gasteiger partial charge in [0.15, 0.2) is 5.96 Å². The second kappa shape index (κ2) is 11.5. The molecular formula is C16H24F4IN3. The maximum atomic E-state index is 13.2. The Hall–Kier alpha value is -1.06. The average Bonchev–Trinajstić information content (AvgIpc) is 2.44. The highest BCUT2D eigenvalue weighted by molar-refractivity contribution is 14.0. The van der Waals surface area contributed by atoms with E-state index in [2.05, 4.69) is 10.3 Å². The van der Waals surface area contributed by atoms with Gasteiger partial charge in [0.25, 0.3) is 0 Å². The highest BCUT2D eigenvalue weighted by Crippen LogP contribution is 2.22. The molecule has 0 heterocycles. The molecule has 0 aliphatic heterocycles. The summed E-state index contributed by atoms with van der Waals surface area (Å²) in [6.07, 6.45) is -4.44. The molecule has 0 aliphatic rings. The predicted octanol–water partition coefficient (Wildman–Crippen LogP) is 4.57. The largest absolute Gasteiger partial charge is 0.389 e. The Morgan fingerprint density at radius 2 is 1.96 bits per heavy atom. The molecule has 8 heteroatoms. The van der Waals surface area contributed by atoms with Gasteiger partial charge in [0.2, 0.25) is 0 Å². The van der Waals surface area contributed by atoms with E-state index >= 15 is 0 Å². The van der Waals surface area contributed by atoms with Crippen molar-refractivity contribution in [3.05, 3.63) is 35.6 Å². The van der Waals surface area contributed by atoms with Crippen molar-refractivity contribution in [2.24, 2.45) is 4.99 Å². The summed E-state index contributed by atoms with van der Waals surface area (Å²) < 4.78 is 49.4. The summed E-state index contributed by atoms with van der Waals surface area (Å²) >= 11 is 0. The first-order valence-corrected chi connectivity index (χ1v) is 7.62. The first-order valence-electron chi connectivity index (χ1n) is 7.62. The Morgan fingerprint density at radius 1 is 1.25 bits per heavy atom. The molecule has 0 saturated carbocycles. The van der Waals surface area contributed by atoms with Crippen LogP contribution in [0, 0.1) is 5.82 Å². The van der Waals surface area contributed by atoms with Crippen LogP contribution in [0.5, 0.6) is 0 Å². The van der Waals surface area contributed by atoms with Gasteiger partial charge in [0.1, 0.15) is 5.82 Å². The molecule has 3 nitrogen and oxygen atoms in total. The molecule has 0 aromatic heterocycles. The fourth-order valence-corrected chi connectivity index (χ4v) is 2.08. The number of aliphatic imine (C=N–C) groups is 1. The lowest BCUT2D eigenvalue weighted by atomic mass is 10.2. The van der Waals surface area contributed by atoms with Gasteiger partial charge < -0.3 is 10.2 Å². The summed E-state index contributed by atoms with van der Waals surface area (Å²) in [6, 6.07) is 6.28. The van der Waals surface area contributed by atoms with Crippen LogP contribution in [0.25, 0.3) is 0 Å². The minimum absolute atomic E-state index is 0. The second-order valence-electron chi connectivity index (χ2n) is 5.29. The molecule has 138 valence electrons. The molecule has 1 N–H and O–H groups in total. The number of rotatable bonds is 7. The van der Waals surface area contributed by atoms with E-state index in [1.165, 1.54) is 12.1 Å². The third-order valence-corrected chi connectivity index (χ3v) is 3.14. The number of hydrogen-bond donors (Lipinski definition) is 1. The number of guanidine groups is 1. The number of hydrogen-bond acceptors (Lipinski definition) is 1. The molecule has 0 bridgehead atoms. The van der Waals surface area contributed by atoms with Crippen LogP contribution in [-0.4, -0.2) is 37.2 Å². The first kappa shape index (κ1) is 22.9. The van der Waals surface area contributed by atoms with Crippen molar-refractivity contribution in [2.45, 2.75) is 38.9 Å². The van der Waals surface area contributed by atoms with Gasteiger partial charge in [-0.05, 0) is 37.5 Å². The van der Waals surface area contributed by atoms with E-state index in [1.54, 1.807) is 6.07 Å². The standard InChI is InChI=1S/C16H23F4N3.HI/c1-3-21-15(22-10-5-4-9-16(18,19)20)23(2)12-13-7-6-8-14(17)11-13;/h6-8,11H,3-5,9-10,12H2,1-2H3,(H,21,22);1H. The highest BCUT2D eigenvalue weighted by Gasteiger charge is 2.25. The van der Waals surface area contributed by atoms with Gasteiger partial charge in [-0.1, -0.05) is 12.1 Å². The SMILES string of the molecule is CCNC(=NCCCCC(F)(F)F)N(C)Cc1cccc(F)c1.I. The zero-order valence-electron chi connectivity index (χ0n) is 13.9. The monoisotopic (exact) mass is 461 g/mol. The Bertz CT molecular complexity index is 506. The average molecular weight is 461 g/mol. The minimum Gasteiger partial charge on any atom is -0.357 e. The summed E-state index contributed by atoms with van der Waals surface area (Å²) in [6.45, 7) is 3.35. The molecule has 0 spiro atoms. The Balaban J connectivity index is 0.00000529. The molecule has 0 fully saturated rings. The van der Waals surface area contributed by atoms with Gasteiger partial charge in [-0.2, -0.15) is 13.2 Å². The van der Waals surface area contributed by atoms with Gasteiger partial charge in [0.05, 0.1) is 0 Å². The molecule has 0 aliphatic carbocycles. The molecule has 0 atom stereocenters. The van der Waals surface area contributed by atoms with Crippen molar-refractivity contribution in [2.75, 3.05) is 20.1 Å². The molecule has 1 aromatic carbocycles. The van der Waals surface area contributed by atoms with Crippen LogP contribution in [0.15, 0.2) is 29.3 Å². The van der Waals surface area contributed by atoms with Crippen molar-refractivity contribution in [1.82, 2.24) is 10.2 Å². The zero-order valence-corrected chi connectivity index (χ0v) is 16.2. The van der Waals surface area contributed by atoms with Gasteiger partial charge in [-0.25, -0.2) is 4.39 Å². The minimum atomic E-state index is -4.11. The lowest BCUT2D eigenvalue weighted by molar-refractivity contribution is -0.135. The fraction of sp³-hybridized carbons (Fsp3) is 0.562. The van der Waals surface area contributed by atoms with Crippen molar-refractivity contribution in [3.63, 3.8) is 0 Å². The van der Waals surface area contributed by atoms with E-state index in [4.69, 9.17) is 0 Å². The van der Waals surface area contributed by atoms with Crippen molar-refractivity contribution < 1.29 is 17.6 Å². The topological polar surface area (TPSA) is 27.6 Å². The molecule has 1 rings (SSSR count). The van der Waals surface area contributed by atoms with Crippen LogP contribution in [0.4, 0.5) is 17.6 Å². The number of benzene rings is 1. The summed E-state index contributed by atoms with van der Waals surface area (Å²) in [7, 11) is 1.81. The number of halogens is 5. The van der Waals surface area contributed by atoms with E-state index in [9.17, 15) is 17.6 Å². The summed E-state index contributed by atoms with van der Waals surface area (Å²) in [5, 5.41) is 3.08. The smallest absolute Gasteiger partial charge is 0.357 e. The van der Waals surface area contributed by atoms with E-state index in [-0.39, 0.29) is 36.2 Å². The Labute approximate surface area is 157 Å². The van der Waals surface area contributed by atoms with Gasteiger partial charge in [0, 0.05) is 33.1 Å². The van der Waals surface area contributed by atoms with Crippen LogP contribution in [0.3, 0.4) is 0 Å². The lowest BCUT2D eigenvalue weighted by Crippen LogP contribution is -2.38. The van der Waals surface area contributed by atoms with Gasteiger partial charge in [-0.15, -0.1) is 24.0 Å². The van der Waals surface area contributed by atoms with Crippen LogP contribution < -0.4 is 5.32 Å². The second-order valence-corrected chi connectivity index (χ2v) is 5.29. The summed E-state index contributed by atoms with van der Waals surface area (Å²) in [5.74, 6) is 0.300. The quantitative estimate of drug-likeness (QED) is 0.212. The molecule has 0 saturated heterocycles. The molecule has 0 amide bonds. The van der Waals surface area contributed by atoms with E-state index in [1.807, 2.05) is 24.9 Å². The van der Waals surface area contributed by atoms with E-state index in [0.29, 0.717) is 32.0 Å². The first-order chi connectivity index (χ1) is 10.8. The number of nitrogens with one attached hydrogen (secondary N) is 1. The van der Waals surface area contributed by atoms with Crippen LogP contribution in [-0.2, 0) is 6.54 Å². The highest BCUT2D eigenvalue weighted by atomic mass is 127. The molecular weight excluding hydrogens is 437 g/mol. The Morgan fingerprint density at radius 3 is 2.54 bits per heavy atom. The predicted molar refractivity (Wildman–Crippen MR) is 99.2 cm³/mol. The lowest BCUT2D eigenvalue weighted by Gasteiger charge is -2.22. The van der Waals surface area contributed by atoms with Crippen molar-refractivity contribution in [3.8, 4) is 0 Å². The molecule has 24 heavy (non-hydrogen) atoms. The summed E-state index contributed by atoms with van der Waals surface area (Å²) in [5.41, 5.74) is 0.801.